The van der Waals surface area contributed by atoms with Crippen LogP contribution in [-0.4, -0.2) is 37.5 Å². The second-order valence-electron chi connectivity index (χ2n) is 5.17. The largest absolute Gasteiger partial charge is 0.419 e. The number of nitrogens with zero attached hydrogens (tertiary/aromatic N) is 1. The van der Waals surface area contributed by atoms with E-state index in [2.05, 4.69) is 5.32 Å². The highest BCUT2D eigenvalue weighted by Gasteiger charge is 2.35. The predicted octanol–water partition coefficient (Wildman–Crippen LogP) is 3.87. The lowest BCUT2D eigenvalue weighted by atomic mass is 9.99. The van der Waals surface area contributed by atoms with E-state index in [4.69, 9.17) is 0 Å². The van der Waals surface area contributed by atoms with Crippen LogP contribution in [0.3, 0.4) is 0 Å². The van der Waals surface area contributed by atoms with Crippen molar-refractivity contribution in [1.29, 1.82) is 0 Å². The van der Waals surface area contributed by atoms with Crippen molar-refractivity contribution in [3.8, 4) is 0 Å². The van der Waals surface area contributed by atoms with Crippen LogP contribution in [0, 0.1) is 5.82 Å². The molecule has 1 atom stereocenters. The molecular weight excluding hydrogens is 346 g/mol. The van der Waals surface area contributed by atoms with Gasteiger partial charge in [-0.2, -0.15) is 13.2 Å². The topological polar surface area (TPSA) is 15.3 Å². The lowest BCUT2D eigenvalue weighted by Crippen LogP contribution is -2.45. The molecule has 0 amide bonds. The van der Waals surface area contributed by atoms with Crippen molar-refractivity contribution in [3.05, 3.63) is 35.1 Å². The molecule has 0 saturated carbocycles. The molecule has 1 heterocycles. The molecule has 1 fully saturated rings. The summed E-state index contributed by atoms with van der Waals surface area (Å²) in [5.74, 6) is -1.43. The first-order valence-electron chi connectivity index (χ1n) is 6.88. The van der Waals surface area contributed by atoms with E-state index >= 15 is 0 Å². The van der Waals surface area contributed by atoms with Crippen LogP contribution in [-0.2, 0) is 6.18 Å². The van der Waals surface area contributed by atoms with Crippen molar-refractivity contribution in [2.45, 2.75) is 25.1 Å². The van der Waals surface area contributed by atoms with Gasteiger partial charge in [-0.25, -0.2) is 13.2 Å². The van der Waals surface area contributed by atoms with Gasteiger partial charge in [-0.1, -0.05) is 6.07 Å². The van der Waals surface area contributed by atoms with Crippen LogP contribution in [0.2, 0.25) is 0 Å². The molecule has 1 N–H and O–H groups in total. The van der Waals surface area contributed by atoms with Gasteiger partial charge in [0.15, 0.2) is 0 Å². The van der Waals surface area contributed by atoms with Gasteiger partial charge in [-0.15, -0.1) is 12.4 Å². The molecule has 9 heteroatoms. The third-order valence-electron chi connectivity index (χ3n) is 3.68. The molecule has 0 radical (unpaired) electrons. The molecule has 1 aromatic rings. The van der Waals surface area contributed by atoms with Crippen molar-refractivity contribution in [2.24, 2.45) is 0 Å². The Bertz CT molecular complexity index is 503. The Morgan fingerprint density at radius 1 is 1.13 bits per heavy atom. The number of nitrogens with one attached hydrogen (secondary N) is 1. The van der Waals surface area contributed by atoms with Crippen molar-refractivity contribution in [2.75, 3.05) is 26.2 Å². The number of hydrogen-bond acceptors (Lipinski definition) is 2. The molecule has 0 aromatic heterocycles. The van der Waals surface area contributed by atoms with Crippen molar-refractivity contribution < 1.29 is 26.3 Å². The van der Waals surface area contributed by atoms with E-state index in [1.807, 2.05) is 0 Å². The zero-order chi connectivity index (χ0) is 16.3. The third kappa shape index (κ3) is 5.26. The fourth-order valence-electron chi connectivity index (χ4n) is 2.63. The molecule has 2 nitrogen and oxygen atoms in total. The fourth-order valence-corrected chi connectivity index (χ4v) is 2.63. The van der Waals surface area contributed by atoms with Crippen molar-refractivity contribution in [1.82, 2.24) is 10.2 Å². The molecule has 0 bridgehead atoms. The first kappa shape index (κ1) is 20.1. The van der Waals surface area contributed by atoms with E-state index in [9.17, 15) is 26.3 Å². The third-order valence-corrected chi connectivity index (χ3v) is 3.68. The van der Waals surface area contributed by atoms with Gasteiger partial charge in [0.25, 0.3) is 0 Å². The maximum absolute atomic E-state index is 13.7. The summed E-state index contributed by atoms with van der Waals surface area (Å²) in [7, 11) is 0. The number of piperazine rings is 1. The summed E-state index contributed by atoms with van der Waals surface area (Å²) in [6.07, 6.45) is -7.95. The van der Waals surface area contributed by atoms with Crippen LogP contribution >= 0.6 is 12.4 Å². The minimum absolute atomic E-state index is 0. The molecule has 1 aliphatic rings. The van der Waals surface area contributed by atoms with E-state index < -0.39 is 36.4 Å². The number of hydrogen-bond donors (Lipinski definition) is 1. The van der Waals surface area contributed by atoms with Crippen molar-refractivity contribution in [3.63, 3.8) is 0 Å². The van der Waals surface area contributed by atoms with Gasteiger partial charge < -0.3 is 5.32 Å². The average molecular weight is 363 g/mol. The Morgan fingerprint density at radius 3 is 2.22 bits per heavy atom. The minimum Gasteiger partial charge on any atom is -0.314 e. The highest BCUT2D eigenvalue weighted by molar-refractivity contribution is 5.85. The van der Waals surface area contributed by atoms with Crippen LogP contribution in [0.4, 0.5) is 26.3 Å². The van der Waals surface area contributed by atoms with Gasteiger partial charge in [0.1, 0.15) is 5.82 Å². The summed E-state index contributed by atoms with van der Waals surface area (Å²) in [5, 5.41) is 3.06. The highest BCUT2D eigenvalue weighted by atomic mass is 35.5. The van der Waals surface area contributed by atoms with Gasteiger partial charge in [0, 0.05) is 38.6 Å². The molecule has 0 spiro atoms. The first-order chi connectivity index (χ1) is 10.3. The molecule has 132 valence electrons. The number of halogens is 7. The molecule has 1 saturated heterocycles. The minimum atomic E-state index is -4.80. The molecule has 1 aliphatic heterocycles. The van der Waals surface area contributed by atoms with Gasteiger partial charge >= 0.3 is 6.18 Å². The van der Waals surface area contributed by atoms with E-state index in [0.29, 0.717) is 32.2 Å². The lowest BCUT2D eigenvalue weighted by molar-refractivity contribution is -0.140. The van der Waals surface area contributed by atoms with Crippen LogP contribution in [0.1, 0.15) is 23.6 Å². The normalized spacial score (nSPS) is 17.9. The SMILES string of the molecule is Cl.Fc1cc([C@H](CC(F)F)N2CCNCC2)ccc1C(F)(F)F. The molecule has 23 heavy (non-hydrogen) atoms. The summed E-state index contributed by atoms with van der Waals surface area (Å²) in [6.45, 7) is 2.17. The van der Waals surface area contributed by atoms with E-state index in [1.54, 1.807) is 4.90 Å². The summed E-state index contributed by atoms with van der Waals surface area (Å²) in [6, 6.07) is 1.63. The monoisotopic (exact) mass is 362 g/mol. The summed E-state index contributed by atoms with van der Waals surface area (Å²) < 4.78 is 76.9. The molecule has 2 rings (SSSR count). The smallest absolute Gasteiger partial charge is 0.314 e. The van der Waals surface area contributed by atoms with Crippen LogP contribution in [0.25, 0.3) is 0 Å². The summed E-state index contributed by atoms with van der Waals surface area (Å²) >= 11 is 0. The molecule has 1 aromatic carbocycles. The standard InChI is InChI=1S/C14H16F6N2.ClH/c15-11-7-9(1-2-10(11)14(18,19)20)12(8-13(16)17)22-5-3-21-4-6-22;/h1-2,7,12-13,21H,3-6,8H2;1H/t12-;/m0./s1. The second kappa shape index (κ2) is 8.21. The Morgan fingerprint density at radius 2 is 1.74 bits per heavy atom. The quantitative estimate of drug-likeness (QED) is 0.818. The number of alkyl halides is 5. The Labute approximate surface area is 136 Å². The highest BCUT2D eigenvalue weighted by Crippen LogP contribution is 2.34. The zero-order valence-electron chi connectivity index (χ0n) is 12.0. The second-order valence-corrected chi connectivity index (χ2v) is 5.17. The molecular formula is C14H17ClF6N2. The lowest BCUT2D eigenvalue weighted by Gasteiger charge is -2.35. The van der Waals surface area contributed by atoms with E-state index in [1.165, 1.54) is 0 Å². The van der Waals surface area contributed by atoms with E-state index in [0.717, 1.165) is 12.1 Å². The van der Waals surface area contributed by atoms with Crippen molar-refractivity contribution >= 4 is 12.4 Å². The predicted molar refractivity (Wildman–Crippen MR) is 76.5 cm³/mol. The summed E-state index contributed by atoms with van der Waals surface area (Å²) in [5.41, 5.74) is -1.24. The molecule has 0 unspecified atom stereocenters. The number of rotatable bonds is 4. The maximum Gasteiger partial charge on any atom is 0.419 e. The van der Waals surface area contributed by atoms with Crippen LogP contribution < -0.4 is 5.32 Å². The zero-order valence-corrected chi connectivity index (χ0v) is 12.9. The van der Waals surface area contributed by atoms with Crippen LogP contribution in [0.15, 0.2) is 18.2 Å². The van der Waals surface area contributed by atoms with Gasteiger partial charge in [0.05, 0.1) is 5.56 Å². The Kier molecular flexibility index (Phi) is 7.16. The first-order valence-corrected chi connectivity index (χ1v) is 6.88. The fraction of sp³-hybridized carbons (Fsp3) is 0.571. The van der Waals surface area contributed by atoms with Gasteiger partial charge in [0.2, 0.25) is 6.43 Å². The van der Waals surface area contributed by atoms with Crippen LogP contribution in [0.5, 0.6) is 0 Å². The van der Waals surface area contributed by atoms with E-state index in [-0.39, 0.29) is 18.0 Å². The Hall–Kier alpha value is -0.990. The molecule has 0 aliphatic carbocycles. The van der Waals surface area contributed by atoms with Gasteiger partial charge in [-0.3, -0.25) is 4.90 Å². The average Bonchev–Trinajstić information content (AvgIpc) is 2.44. The maximum atomic E-state index is 13.7. The Balaban J connectivity index is 0.00000264. The van der Waals surface area contributed by atoms with Gasteiger partial charge in [-0.05, 0) is 17.7 Å². The number of benzene rings is 1. The summed E-state index contributed by atoms with van der Waals surface area (Å²) in [4.78, 5) is 1.74.